The van der Waals surface area contributed by atoms with Crippen molar-refractivity contribution in [2.24, 2.45) is 0 Å². The lowest BCUT2D eigenvalue weighted by molar-refractivity contribution is 0.0540. The number of carbonyl (C=O) groups excluding carboxylic acids is 2. The Bertz CT molecular complexity index is 1100. The first-order valence-electron chi connectivity index (χ1n) is 11.2. The Labute approximate surface area is 219 Å². The average Bonchev–Trinajstić information content (AvgIpc) is 2.92. The van der Waals surface area contributed by atoms with Gasteiger partial charge >= 0.3 is 11.9 Å². The summed E-state index contributed by atoms with van der Waals surface area (Å²) in [5.41, 5.74) is 3.77. The van der Waals surface area contributed by atoms with Gasteiger partial charge in [-0.05, 0) is 53.1 Å². The molecule has 3 aromatic rings. The van der Waals surface area contributed by atoms with Gasteiger partial charge in [0, 0.05) is 11.4 Å². The first-order chi connectivity index (χ1) is 17.5. The molecule has 3 aromatic carbocycles. The van der Waals surface area contributed by atoms with Gasteiger partial charge in [0.25, 0.3) is 0 Å². The number of esters is 2. The largest absolute Gasteiger partial charge is 0.489 e. The summed E-state index contributed by atoms with van der Waals surface area (Å²) >= 11 is 3.49. The van der Waals surface area contributed by atoms with Crippen LogP contribution in [0.15, 0.2) is 92.0 Å². The smallest absolute Gasteiger partial charge is 0.338 e. The van der Waals surface area contributed by atoms with Crippen molar-refractivity contribution in [3.8, 4) is 11.5 Å². The molecule has 0 N–H and O–H groups in total. The van der Waals surface area contributed by atoms with Gasteiger partial charge in [0.1, 0.15) is 37.9 Å². The molecule has 186 valence electrons. The number of alkyl halides is 1. The molecule has 0 atom stereocenters. The summed E-state index contributed by atoms with van der Waals surface area (Å²) in [5, 5.41) is 0.642. The second-order valence-electron chi connectivity index (χ2n) is 7.69. The molecule has 0 fully saturated rings. The topological polar surface area (TPSA) is 71.1 Å². The van der Waals surface area contributed by atoms with E-state index in [1.165, 1.54) is 12.2 Å². The molecule has 0 heterocycles. The highest BCUT2D eigenvalue weighted by Gasteiger charge is 2.09. The van der Waals surface area contributed by atoms with Gasteiger partial charge in [-0.15, -0.1) is 0 Å². The number of ether oxygens (including phenoxy) is 4. The Balaban J connectivity index is 1.59. The number of hydrogen-bond donors (Lipinski definition) is 0. The monoisotopic (exact) mass is 550 g/mol. The standard InChI is InChI=1S/C29H27BrO6/c1-3-13-33-28(31)24-9-5-21(6-10-24)19-35-26-15-23(18-30)16-27(17-26)36-20-22-7-11-25(12-8-22)29(32)34-14-4-2/h3-12,15-17H,1-2,13-14,18-20H2. The molecule has 0 spiro atoms. The van der Waals surface area contributed by atoms with Crippen molar-refractivity contribution in [1.29, 1.82) is 0 Å². The maximum absolute atomic E-state index is 11.9. The minimum absolute atomic E-state index is 0.175. The van der Waals surface area contributed by atoms with Gasteiger partial charge in [-0.1, -0.05) is 65.5 Å². The summed E-state index contributed by atoms with van der Waals surface area (Å²) in [6.07, 6.45) is 3.05. The van der Waals surface area contributed by atoms with Crippen LogP contribution in [0.2, 0.25) is 0 Å². The van der Waals surface area contributed by atoms with E-state index in [0.29, 0.717) is 41.2 Å². The fourth-order valence-electron chi connectivity index (χ4n) is 3.12. The molecule has 0 aliphatic carbocycles. The molecule has 0 aliphatic heterocycles. The van der Waals surface area contributed by atoms with Crippen LogP contribution in [0, 0.1) is 0 Å². The molecule has 3 rings (SSSR count). The van der Waals surface area contributed by atoms with E-state index < -0.39 is 11.9 Å². The van der Waals surface area contributed by atoms with Crippen LogP contribution < -0.4 is 9.47 Å². The highest BCUT2D eigenvalue weighted by molar-refractivity contribution is 9.08. The third-order valence-electron chi connectivity index (χ3n) is 4.95. The first-order valence-corrected chi connectivity index (χ1v) is 12.3. The lowest BCUT2D eigenvalue weighted by atomic mass is 10.1. The number of benzene rings is 3. The van der Waals surface area contributed by atoms with Crippen LogP contribution in [0.5, 0.6) is 11.5 Å². The van der Waals surface area contributed by atoms with E-state index in [-0.39, 0.29) is 13.2 Å². The molecule has 0 saturated heterocycles. The van der Waals surface area contributed by atoms with Gasteiger partial charge in [-0.25, -0.2) is 9.59 Å². The molecule has 0 aromatic heterocycles. The molecular formula is C29H27BrO6. The normalized spacial score (nSPS) is 10.2. The minimum atomic E-state index is -0.392. The Morgan fingerprint density at radius 3 is 1.44 bits per heavy atom. The van der Waals surface area contributed by atoms with E-state index in [9.17, 15) is 9.59 Å². The van der Waals surface area contributed by atoms with Crippen molar-refractivity contribution in [3.05, 3.63) is 120 Å². The highest BCUT2D eigenvalue weighted by atomic mass is 79.9. The fraction of sp³-hybridized carbons (Fsp3) is 0.172. The van der Waals surface area contributed by atoms with Crippen LogP contribution in [0.4, 0.5) is 0 Å². The van der Waals surface area contributed by atoms with E-state index >= 15 is 0 Å². The highest BCUT2D eigenvalue weighted by Crippen LogP contribution is 2.26. The van der Waals surface area contributed by atoms with E-state index in [1.807, 2.05) is 42.5 Å². The number of halogens is 1. The third kappa shape index (κ3) is 8.13. The molecule has 0 aliphatic rings. The predicted molar refractivity (Wildman–Crippen MR) is 142 cm³/mol. The number of rotatable bonds is 13. The quantitative estimate of drug-likeness (QED) is 0.139. The van der Waals surface area contributed by atoms with Gasteiger partial charge < -0.3 is 18.9 Å². The molecule has 0 radical (unpaired) electrons. The lowest BCUT2D eigenvalue weighted by Gasteiger charge is -2.12. The van der Waals surface area contributed by atoms with E-state index in [1.54, 1.807) is 24.3 Å². The van der Waals surface area contributed by atoms with Crippen molar-refractivity contribution in [1.82, 2.24) is 0 Å². The Kier molecular flexibility index (Phi) is 10.3. The van der Waals surface area contributed by atoms with Gasteiger partial charge in [0.05, 0.1) is 11.1 Å². The summed E-state index contributed by atoms with van der Waals surface area (Å²) in [6.45, 7) is 8.07. The van der Waals surface area contributed by atoms with Gasteiger partial charge in [0.15, 0.2) is 0 Å². The van der Waals surface area contributed by atoms with Crippen LogP contribution in [-0.4, -0.2) is 25.2 Å². The second-order valence-corrected chi connectivity index (χ2v) is 8.25. The van der Waals surface area contributed by atoms with E-state index in [0.717, 1.165) is 16.7 Å². The average molecular weight is 551 g/mol. The van der Waals surface area contributed by atoms with E-state index in [4.69, 9.17) is 18.9 Å². The zero-order valence-electron chi connectivity index (χ0n) is 19.8. The predicted octanol–water partition coefficient (Wildman–Crippen LogP) is 6.43. The molecule has 7 heteroatoms. The minimum Gasteiger partial charge on any atom is -0.489 e. The number of hydrogen-bond acceptors (Lipinski definition) is 6. The van der Waals surface area contributed by atoms with Crippen LogP contribution in [0.1, 0.15) is 37.4 Å². The fourth-order valence-corrected chi connectivity index (χ4v) is 3.44. The Morgan fingerprint density at radius 1 is 0.667 bits per heavy atom. The van der Waals surface area contributed by atoms with Crippen LogP contribution in [-0.2, 0) is 28.0 Å². The van der Waals surface area contributed by atoms with Crippen LogP contribution in [0.3, 0.4) is 0 Å². The summed E-state index contributed by atoms with van der Waals surface area (Å²) in [4.78, 5) is 23.8. The summed E-state index contributed by atoms with van der Waals surface area (Å²) in [7, 11) is 0. The molecular weight excluding hydrogens is 524 g/mol. The van der Waals surface area contributed by atoms with E-state index in [2.05, 4.69) is 29.1 Å². The van der Waals surface area contributed by atoms with Gasteiger partial charge in [0.2, 0.25) is 0 Å². The second kappa shape index (κ2) is 13.9. The zero-order valence-corrected chi connectivity index (χ0v) is 21.4. The molecule has 6 nitrogen and oxygen atoms in total. The zero-order chi connectivity index (χ0) is 25.8. The summed E-state index contributed by atoms with van der Waals surface area (Å²) in [6, 6.07) is 19.8. The van der Waals surface area contributed by atoms with Gasteiger partial charge in [-0.2, -0.15) is 0 Å². The SMILES string of the molecule is C=CCOC(=O)c1ccc(COc2cc(CBr)cc(OCc3ccc(C(=O)OCC=C)cc3)c2)cc1. The molecule has 0 unspecified atom stereocenters. The first kappa shape index (κ1) is 26.8. The van der Waals surface area contributed by atoms with Crippen molar-refractivity contribution in [3.63, 3.8) is 0 Å². The van der Waals surface area contributed by atoms with Crippen LogP contribution in [0.25, 0.3) is 0 Å². The van der Waals surface area contributed by atoms with Crippen LogP contribution >= 0.6 is 15.9 Å². The summed E-state index contributed by atoms with van der Waals surface area (Å²) < 4.78 is 22.0. The summed E-state index contributed by atoms with van der Waals surface area (Å²) in [5.74, 6) is 0.543. The molecule has 36 heavy (non-hydrogen) atoms. The van der Waals surface area contributed by atoms with Crippen molar-refractivity contribution >= 4 is 27.9 Å². The van der Waals surface area contributed by atoms with Gasteiger partial charge in [-0.3, -0.25) is 0 Å². The molecule has 0 bridgehead atoms. The molecule has 0 saturated carbocycles. The Hall–Kier alpha value is -3.84. The lowest BCUT2D eigenvalue weighted by Crippen LogP contribution is -2.05. The number of carbonyl (C=O) groups is 2. The maximum Gasteiger partial charge on any atom is 0.338 e. The molecule has 0 amide bonds. The van der Waals surface area contributed by atoms with Crippen molar-refractivity contribution in [2.45, 2.75) is 18.5 Å². The Morgan fingerprint density at radius 2 is 1.08 bits per heavy atom. The van der Waals surface area contributed by atoms with Crippen molar-refractivity contribution in [2.75, 3.05) is 13.2 Å². The van der Waals surface area contributed by atoms with Crippen molar-refractivity contribution < 1.29 is 28.5 Å². The third-order valence-corrected chi connectivity index (χ3v) is 5.60. The maximum atomic E-state index is 11.9.